The normalized spacial score (nSPS) is 16.4. The maximum atomic E-state index is 12.4. The molecule has 1 amide bonds. The SMILES string of the molecule is O=C(Nc1ccc2c(c1)OCCO2)c1ccc(N2CCOCC2)nn1. The Morgan fingerprint density at radius 2 is 1.76 bits per heavy atom. The maximum Gasteiger partial charge on any atom is 0.276 e. The van der Waals surface area contributed by atoms with Crippen LogP contribution in [-0.4, -0.2) is 55.6 Å². The molecule has 8 nitrogen and oxygen atoms in total. The number of fused-ring (bicyclic) bond motifs is 1. The molecule has 0 aliphatic carbocycles. The van der Waals surface area contributed by atoms with E-state index >= 15 is 0 Å². The highest BCUT2D eigenvalue weighted by Gasteiger charge is 2.16. The molecular formula is C17H18N4O4. The number of nitrogens with one attached hydrogen (secondary N) is 1. The van der Waals surface area contributed by atoms with Crippen molar-refractivity contribution in [2.24, 2.45) is 0 Å². The van der Waals surface area contributed by atoms with Gasteiger partial charge in [-0.15, -0.1) is 10.2 Å². The molecule has 0 unspecified atom stereocenters. The quantitative estimate of drug-likeness (QED) is 0.901. The van der Waals surface area contributed by atoms with Crippen LogP contribution in [0, 0.1) is 0 Å². The summed E-state index contributed by atoms with van der Waals surface area (Å²) in [4.78, 5) is 14.4. The van der Waals surface area contributed by atoms with Gasteiger partial charge in [-0.25, -0.2) is 0 Å². The molecule has 0 saturated carbocycles. The second-order valence-electron chi connectivity index (χ2n) is 5.69. The minimum atomic E-state index is -0.322. The molecule has 0 atom stereocenters. The lowest BCUT2D eigenvalue weighted by atomic mass is 10.2. The number of nitrogens with zero attached hydrogens (tertiary/aromatic N) is 3. The summed E-state index contributed by atoms with van der Waals surface area (Å²) in [5, 5.41) is 11.0. The molecule has 2 aliphatic rings. The largest absolute Gasteiger partial charge is 0.486 e. The van der Waals surface area contributed by atoms with Crippen LogP contribution in [0.3, 0.4) is 0 Å². The molecule has 1 N–H and O–H groups in total. The summed E-state index contributed by atoms with van der Waals surface area (Å²) in [6, 6.07) is 8.75. The third-order valence-electron chi connectivity index (χ3n) is 4.02. The van der Waals surface area contributed by atoms with Crippen LogP contribution in [0.15, 0.2) is 30.3 Å². The fourth-order valence-corrected chi connectivity index (χ4v) is 2.72. The summed E-state index contributed by atoms with van der Waals surface area (Å²) in [5.74, 6) is 1.73. The lowest BCUT2D eigenvalue weighted by Crippen LogP contribution is -2.37. The lowest BCUT2D eigenvalue weighted by molar-refractivity contribution is 0.102. The molecule has 0 spiro atoms. The molecule has 4 rings (SSSR count). The number of anilines is 2. The van der Waals surface area contributed by atoms with Gasteiger partial charge >= 0.3 is 0 Å². The van der Waals surface area contributed by atoms with Crippen LogP contribution in [0.25, 0.3) is 0 Å². The Labute approximate surface area is 144 Å². The predicted molar refractivity (Wildman–Crippen MR) is 90.4 cm³/mol. The minimum absolute atomic E-state index is 0.256. The third kappa shape index (κ3) is 3.48. The van der Waals surface area contributed by atoms with Gasteiger partial charge in [-0.1, -0.05) is 0 Å². The molecule has 2 aromatic rings. The highest BCUT2D eigenvalue weighted by molar-refractivity contribution is 6.03. The van der Waals surface area contributed by atoms with Crippen molar-refractivity contribution in [3.63, 3.8) is 0 Å². The van der Waals surface area contributed by atoms with E-state index in [0.717, 1.165) is 18.9 Å². The summed E-state index contributed by atoms with van der Waals surface area (Å²) >= 11 is 0. The van der Waals surface area contributed by atoms with Crippen LogP contribution in [-0.2, 0) is 4.74 Å². The monoisotopic (exact) mass is 342 g/mol. The third-order valence-corrected chi connectivity index (χ3v) is 4.02. The van der Waals surface area contributed by atoms with Gasteiger partial charge in [0.2, 0.25) is 0 Å². The van der Waals surface area contributed by atoms with Crippen molar-refractivity contribution in [1.82, 2.24) is 10.2 Å². The summed E-state index contributed by atoms with van der Waals surface area (Å²) < 4.78 is 16.3. The van der Waals surface area contributed by atoms with Crippen LogP contribution >= 0.6 is 0 Å². The number of carbonyl (C=O) groups is 1. The molecule has 130 valence electrons. The van der Waals surface area contributed by atoms with E-state index in [0.29, 0.717) is 43.6 Å². The van der Waals surface area contributed by atoms with E-state index in [-0.39, 0.29) is 11.6 Å². The zero-order valence-corrected chi connectivity index (χ0v) is 13.6. The first-order chi connectivity index (χ1) is 12.3. The predicted octanol–water partition coefficient (Wildman–Crippen LogP) is 1.34. The van der Waals surface area contributed by atoms with Crippen molar-refractivity contribution in [2.75, 3.05) is 49.7 Å². The number of aromatic nitrogens is 2. The zero-order valence-electron chi connectivity index (χ0n) is 13.6. The van der Waals surface area contributed by atoms with Gasteiger partial charge in [-0.05, 0) is 24.3 Å². The van der Waals surface area contributed by atoms with Crippen molar-refractivity contribution in [2.45, 2.75) is 0 Å². The van der Waals surface area contributed by atoms with Gasteiger partial charge in [0.1, 0.15) is 13.2 Å². The van der Waals surface area contributed by atoms with Gasteiger partial charge in [-0.2, -0.15) is 0 Å². The molecule has 0 bridgehead atoms. The molecule has 8 heteroatoms. The second kappa shape index (κ2) is 6.94. The Morgan fingerprint density at radius 3 is 2.52 bits per heavy atom. The fourth-order valence-electron chi connectivity index (χ4n) is 2.72. The van der Waals surface area contributed by atoms with E-state index in [4.69, 9.17) is 14.2 Å². The molecule has 3 heterocycles. The summed E-state index contributed by atoms with van der Waals surface area (Å²) in [5.41, 5.74) is 0.875. The van der Waals surface area contributed by atoms with Gasteiger partial charge in [0.25, 0.3) is 5.91 Å². The standard InChI is InChI=1S/C17H18N4O4/c22-17(18-12-1-3-14-15(11-12)25-10-9-24-14)13-2-4-16(20-19-13)21-5-7-23-8-6-21/h1-4,11H,5-10H2,(H,18,22). The molecule has 1 aromatic heterocycles. The maximum absolute atomic E-state index is 12.4. The Bertz CT molecular complexity index is 760. The summed E-state index contributed by atoms with van der Waals surface area (Å²) in [6.07, 6.45) is 0. The number of morpholine rings is 1. The van der Waals surface area contributed by atoms with Crippen LogP contribution in [0.1, 0.15) is 10.5 Å². The van der Waals surface area contributed by atoms with Crippen LogP contribution in [0.2, 0.25) is 0 Å². The van der Waals surface area contributed by atoms with E-state index < -0.39 is 0 Å². The van der Waals surface area contributed by atoms with Crippen molar-refractivity contribution in [3.8, 4) is 11.5 Å². The number of benzene rings is 1. The first kappa shape index (κ1) is 15.6. The molecule has 2 aliphatic heterocycles. The molecule has 0 radical (unpaired) electrons. The van der Waals surface area contributed by atoms with E-state index in [2.05, 4.69) is 20.4 Å². The number of carbonyl (C=O) groups excluding carboxylic acids is 1. The lowest BCUT2D eigenvalue weighted by Gasteiger charge is -2.27. The van der Waals surface area contributed by atoms with E-state index in [1.54, 1.807) is 30.3 Å². The van der Waals surface area contributed by atoms with Crippen LogP contribution in [0.4, 0.5) is 11.5 Å². The molecule has 1 fully saturated rings. The number of ether oxygens (including phenoxy) is 3. The van der Waals surface area contributed by atoms with Crippen LogP contribution in [0.5, 0.6) is 11.5 Å². The highest BCUT2D eigenvalue weighted by Crippen LogP contribution is 2.32. The van der Waals surface area contributed by atoms with Gasteiger partial charge in [0.15, 0.2) is 23.0 Å². The van der Waals surface area contributed by atoms with Gasteiger partial charge in [0, 0.05) is 24.8 Å². The average Bonchev–Trinajstić information content (AvgIpc) is 2.69. The van der Waals surface area contributed by atoms with Crippen LogP contribution < -0.4 is 19.7 Å². The topological polar surface area (TPSA) is 85.8 Å². The minimum Gasteiger partial charge on any atom is -0.486 e. The number of hydrogen-bond donors (Lipinski definition) is 1. The first-order valence-electron chi connectivity index (χ1n) is 8.17. The van der Waals surface area contributed by atoms with Gasteiger partial charge in [-0.3, -0.25) is 4.79 Å². The second-order valence-corrected chi connectivity index (χ2v) is 5.69. The van der Waals surface area contributed by atoms with Crippen molar-refractivity contribution in [1.29, 1.82) is 0 Å². The molecule has 25 heavy (non-hydrogen) atoms. The van der Waals surface area contributed by atoms with E-state index in [1.165, 1.54) is 0 Å². The number of rotatable bonds is 3. The Balaban J connectivity index is 1.44. The average molecular weight is 342 g/mol. The zero-order chi connectivity index (χ0) is 17.1. The Morgan fingerprint density at radius 1 is 0.960 bits per heavy atom. The molecule has 1 saturated heterocycles. The Kier molecular flexibility index (Phi) is 4.34. The Hall–Kier alpha value is -2.87. The van der Waals surface area contributed by atoms with Crippen molar-refractivity contribution < 1.29 is 19.0 Å². The first-order valence-corrected chi connectivity index (χ1v) is 8.17. The number of hydrogen-bond acceptors (Lipinski definition) is 7. The summed E-state index contributed by atoms with van der Waals surface area (Å²) in [7, 11) is 0. The van der Waals surface area contributed by atoms with Gasteiger partial charge < -0.3 is 24.4 Å². The smallest absolute Gasteiger partial charge is 0.276 e. The van der Waals surface area contributed by atoms with E-state index in [9.17, 15) is 4.79 Å². The fraction of sp³-hybridized carbons (Fsp3) is 0.353. The van der Waals surface area contributed by atoms with Crippen molar-refractivity contribution >= 4 is 17.4 Å². The summed E-state index contributed by atoms with van der Waals surface area (Å²) in [6.45, 7) is 3.93. The number of amides is 1. The molecular weight excluding hydrogens is 324 g/mol. The highest BCUT2D eigenvalue weighted by atomic mass is 16.6. The molecule has 1 aromatic carbocycles. The van der Waals surface area contributed by atoms with E-state index in [1.807, 2.05) is 0 Å². The van der Waals surface area contributed by atoms with Gasteiger partial charge in [0.05, 0.1) is 13.2 Å². The van der Waals surface area contributed by atoms with Crippen molar-refractivity contribution in [3.05, 3.63) is 36.0 Å².